The molecule has 8 nitrogen and oxygen atoms in total. The Hall–Kier alpha value is -2.91. The standard InChI is InChI=1S/C22H25ClN4O4S/c1-27-18(25-26-22(27)32-13-14-6-5-7-15(23)12-14)10-11-24-21(28)16-8-9-17(29-2)20(31-4)19(16)30-3/h5-9,12H,10-11,13H2,1-4H3,(H,24,28). The number of ether oxygens (including phenoxy) is 3. The van der Waals surface area contributed by atoms with Gasteiger partial charge in [0, 0.05) is 30.8 Å². The van der Waals surface area contributed by atoms with Gasteiger partial charge in [-0.15, -0.1) is 10.2 Å². The summed E-state index contributed by atoms with van der Waals surface area (Å²) in [7, 11) is 6.42. The maximum absolute atomic E-state index is 12.7. The van der Waals surface area contributed by atoms with E-state index in [2.05, 4.69) is 15.5 Å². The molecule has 0 unspecified atom stereocenters. The van der Waals surface area contributed by atoms with Crippen LogP contribution in [0.15, 0.2) is 41.6 Å². The quantitative estimate of drug-likeness (QED) is 0.446. The number of nitrogens with zero attached hydrogens (tertiary/aromatic N) is 3. The number of thioether (sulfide) groups is 1. The predicted octanol–water partition coefficient (Wildman–Crippen LogP) is 3.76. The first-order chi connectivity index (χ1) is 15.5. The highest BCUT2D eigenvalue weighted by Gasteiger charge is 2.20. The van der Waals surface area contributed by atoms with Crippen molar-refractivity contribution < 1.29 is 19.0 Å². The molecule has 0 aliphatic heterocycles. The van der Waals surface area contributed by atoms with Gasteiger partial charge in [0.2, 0.25) is 5.75 Å². The van der Waals surface area contributed by atoms with Crippen LogP contribution in [-0.4, -0.2) is 48.5 Å². The van der Waals surface area contributed by atoms with Crippen LogP contribution in [0.25, 0.3) is 0 Å². The number of hydrogen-bond donors (Lipinski definition) is 1. The van der Waals surface area contributed by atoms with Crippen molar-refractivity contribution in [3.05, 3.63) is 58.4 Å². The molecule has 0 radical (unpaired) electrons. The van der Waals surface area contributed by atoms with Crippen LogP contribution in [0.4, 0.5) is 0 Å². The summed E-state index contributed by atoms with van der Waals surface area (Å²) in [5.74, 6) is 2.42. The van der Waals surface area contributed by atoms with Gasteiger partial charge in [-0.3, -0.25) is 4.79 Å². The van der Waals surface area contributed by atoms with Crippen molar-refractivity contribution in [3.8, 4) is 17.2 Å². The van der Waals surface area contributed by atoms with Crippen LogP contribution in [0.5, 0.6) is 17.2 Å². The number of amides is 1. The lowest BCUT2D eigenvalue weighted by Gasteiger charge is -2.15. The number of aromatic nitrogens is 3. The molecule has 32 heavy (non-hydrogen) atoms. The molecule has 1 heterocycles. The van der Waals surface area contributed by atoms with Gasteiger partial charge in [0.05, 0.1) is 26.9 Å². The predicted molar refractivity (Wildman–Crippen MR) is 124 cm³/mol. The Labute approximate surface area is 196 Å². The summed E-state index contributed by atoms with van der Waals surface area (Å²) < 4.78 is 17.9. The first-order valence-corrected chi connectivity index (χ1v) is 11.2. The lowest BCUT2D eigenvalue weighted by Crippen LogP contribution is -2.27. The molecule has 2 aromatic carbocycles. The molecular formula is C22H25ClN4O4S. The van der Waals surface area contributed by atoms with E-state index < -0.39 is 0 Å². The normalized spacial score (nSPS) is 10.7. The molecule has 3 rings (SSSR count). The fourth-order valence-corrected chi connectivity index (χ4v) is 4.21. The molecule has 1 amide bonds. The number of rotatable bonds is 10. The summed E-state index contributed by atoms with van der Waals surface area (Å²) in [6.07, 6.45) is 0.530. The van der Waals surface area contributed by atoms with Crippen molar-refractivity contribution in [1.29, 1.82) is 0 Å². The summed E-state index contributed by atoms with van der Waals surface area (Å²) in [6.45, 7) is 0.390. The molecule has 0 bridgehead atoms. The van der Waals surface area contributed by atoms with Crippen LogP contribution < -0.4 is 19.5 Å². The lowest BCUT2D eigenvalue weighted by atomic mass is 10.1. The zero-order chi connectivity index (χ0) is 23.1. The second kappa shape index (κ2) is 11.1. The second-order valence-corrected chi connectivity index (χ2v) is 8.14. The van der Waals surface area contributed by atoms with Crippen LogP contribution in [0.1, 0.15) is 21.7 Å². The van der Waals surface area contributed by atoms with Gasteiger partial charge in [-0.2, -0.15) is 0 Å². The molecule has 1 aromatic heterocycles. The molecule has 0 fully saturated rings. The van der Waals surface area contributed by atoms with Crippen molar-refractivity contribution in [1.82, 2.24) is 20.1 Å². The highest BCUT2D eigenvalue weighted by atomic mass is 35.5. The van der Waals surface area contributed by atoms with Gasteiger partial charge in [0.25, 0.3) is 5.91 Å². The Kier molecular flexibility index (Phi) is 8.24. The summed E-state index contributed by atoms with van der Waals surface area (Å²) >= 11 is 7.62. The van der Waals surface area contributed by atoms with Crippen molar-refractivity contribution in [3.63, 3.8) is 0 Å². The number of carbonyl (C=O) groups excluding carboxylic acids is 1. The molecule has 170 valence electrons. The molecule has 0 aliphatic rings. The van der Waals surface area contributed by atoms with Gasteiger partial charge in [-0.05, 0) is 29.8 Å². The fraction of sp³-hybridized carbons (Fsp3) is 0.318. The van der Waals surface area contributed by atoms with E-state index in [9.17, 15) is 4.79 Å². The van der Waals surface area contributed by atoms with E-state index in [1.807, 2.05) is 35.9 Å². The highest BCUT2D eigenvalue weighted by molar-refractivity contribution is 7.98. The van der Waals surface area contributed by atoms with E-state index in [-0.39, 0.29) is 5.91 Å². The number of carbonyl (C=O) groups is 1. The number of nitrogens with one attached hydrogen (secondary N) is 1. The van der Waals surface area contributed by atoms with Crippen molar-refractivity contribution in [2.24, 2.45) is 7.05 Å². The van der Waals surface area contributed by atoms with Crippen LogP contribution >= 0.6 is 23.4 Å². The average Bonchev–Trinajstić information content (AvgIpc) is 3.15. The molecule has 0 saturated carbocycles. The summed E-state index contributed by atoms with van der Waals surface area (Å²) in [5.41, 5.74) is 1.48. The van der Waals surface area contributed by atoms with E-state index in [0.29, 0.717) is 40.8 Å². The summed E-state index contributed by atoms with van der Waals surface area (Å²) in [6, 6.07) is 11.0. The maximum Gasteiger partial charge on any atom is 0.255 e. The Bertz CT molecular complexity index is 1090. The van der Waals surface area contributed by atoms with Gasteiger partial charge in [-0.25, -0.2) is 0 Å². The van der Waals surface area contributed by atoms with Crippen LogP contribution in [0, 0.1) is 0 Å². The zero-order valence-electron chi connectivity index (χ0n) is 18.3. The van der Waals surface area contributed by atoms with E-state index in [4.69, 9.17) is 25.8 Å². The SMILES string of the molecule is COc1ccc(C(=O)NCCc2nnc(SCc3cccc(Cl)c3)n2C)c(OC)c1OC. The van der Waals surface area contributed by atoms with Crippen LogP contribution in [0.2, 0.25) is 5.02 Å². The molecule has 0 saturated heterocycles. The maximum atomic E-state index is 12.7. The van der Waals surface area contributed by atoms with Gasteiger partial charge in [0.15, 0.2) is 16.7 Å². The third-order valence-corrected chi connectivity index (χ3v) is 6.09. The Balaban J connectivity index is 1.59. The Morgan fingerprint density at radius 2 is 1.88 bits per heavy atom. The first kappa shape index (κ1) is 23.7. The van der Waals surface area contributed by atoms with Crippen molar-refractivity contribution in [2.75, 3.05) is 27.9 Å². The third-order valence-electron chi connectivity index (χ3n) is 4.77. The van der Waals surface area contributed by atoms with E-state index in [1.165, 1.54) is 21.3 Å². The topological polar surface area (TPSA) is 87.5 Å². The molecular weight excluding hydrogens is 452 g/mol. The van der Waals surface area contributed by atoms with Gasteiger partial charge in [0.1, 0.15) is 5.82 Å². The first-order valence-electron chi connectivity index (χ1n) is 9.81. The van der Waals surface area contributed by atoms with Crippen LogP contribution in [0.3, 0.4) is 0 Å². The number of halogens is 1. The second-order valence-electron chi connectivity index (χ2n) is 6.76. The summed E-state index contributed by atoms with van der Waals surface area (Å²) in [4.78, 5) is 12.7. The smallest absolute Gasteiger partial charge is 0.255 e. The number of benzene rings is 2. The van der Waals surface area contributed by atoms with Gasteiger partial charge in [-0.1, -0.05) is 35.5 Å². The van der Waals surface area contributed by atoms with E-state index in [1.54, 1.807) is 23.9 Å². The van der Waals surface area contributed by atoms with Crippen molar-refractivity contribution >= 4 is 29.3 Å². The number of hydrogen-bond acceptors (Lipinski definition) is 7. The minimum atomic E-state index is -0.277. The van der Waals surface area contributed by atoms with E-state index in [0.717, 1.165) is 22.3 Å². The average molecular weight is 477 g/mol. The molecule has 1 N–H and O–H groups in total. The molecule has 10 heteroatoms. The minimum absolute atomic E-state index is 0.277. The van der Waals surface area contributed by atoms with E-state index >= 15 is 0 Å². The number of methoxy groups -OCH3 is 3. The lowest BCUT2D eigenvalue weighted by molar-refractivity contribution is 0.0950. The summed E-state index contributed by atoms with van der Waals surface area (Å²) in [5, 5.41) is 12.9. The third kappa shape index (κ3) is 5.46. The zero-order valence-corrected chi connectivity index (χ0v) is 19.9. The van der Waals surface area contributed by atoms with Gasteiger partial charge >= 0.3 is 0 Å². The Morgan fingerprint density at radius 1 is 1.09 bits per heavy atom. The van der Waals surface area contributed by atoms with Crippen LogP contribution in [-0.2, 0) is 19.2 Å². The molecule has 3 aromatic rings. The molecule has 0 spiro atoms. The molecule has 0 aliphatic carbocycles. The monoisotopic (exact) mass is 476 g/mol. The Morgan fingerprint density at radius 3 is 2.56 bits per heavy atom. The molecule has 0 atom stereocenters. The fourth-order valence-electron chi connectivity index (χ4n) is 3.13. The van der Waals surface area contributed by atoms with Gasteiger partial charge < -0.3 is 24.1 Å². The highest BCUT2D eigenvalue weighted by Crippen LogP contribution is 2.39. The minimum Gasteiger partial charge on any atom is -0.493 e. The largest absolute Gasteiger partial charge is 0.493 e. The van der Waals surface area contributed by atoms with Crippen molar-refractivity contribution in [2.45, 2.75) is 17.3 Å².